The van der Waals surface area contributed by atoms with Crippen LogP contribution in [0.15, 0.2) is 0 Å². The number of aliphatic hydroxyl groups is 5. The first kappa shape index (κ1) is 36.6. The molecule has 10 N–H and O–H groups in total. The van der Waals surface area contributed by atoms with Gasteiger partial charge in [-0.25, -0.2) is 0 Å². The van der Waals surface area contributed by atoms with E-state index in [9.17, 15) is 30.3 Å². The molecule has 2 aliphatic heterocycles. The van der Waals surface area contributed by atoms with Gasteiger partial charge in [0.2, 0.25) is 5.91 Å². The molecule has 5 unspecified atom stereocenters. The predicted molar refractivity (Wildman–Crippen MR) is 154 cm³/mol. The van der Waals surface area contributed by atoms with Gasteiger partial charge in [-0.05, 0) is 52.5 Å². The summed E-state index contributed by atoms with van der Waals surface area (Å²) in [5.74, 6) is 0.946. The van der Waals surface area contributed by atoms with Crippen LogP contribution in [0.3, 0.4) is 0 Å². The molecule has 2 rings (SSSR count). The Balaban J connectivity index is 1.98. The number of rotatable bonds is 16. The average molecular weight is 612 g/mol. The van der Waals surface area contributed by atoms with Gasteiger partial charge in [-0.15, -0.1) is 0 Å². The van der Waals surface area contributed by atoms with Crippen LogP contribution in [0.2, 0.25) is 0 Å². The second kappa shape index (κ2) is 15.9. The number of amides is 1. The molecule has 2 aliphatic rings. The highest BCUT2D eigenvalue weighted by molar-refractivity contribution is 7.98. The molecular formula is C27H53N3O10S. The number of nitrogens with one attached hydrogen (secondary N) is 1. The van der Waals surface area contributed by atoms with Crippen molar-refractivity contribution in [2.24, 2.45) is 11.5 Å². The summed E-state index contributed by atoms with van der Waals surface area (Å²) in [7, 11) is 0. The number of carbonyl (C=O) groups is 1. The van der Waals surface area contributed by atoms with Gasteiger partial charge < -0.3 is 61.3 Å². The highest BCUT2D eigenvalue weighted by Crippen LogP contribution is 2.36. The summed E-state index contributed by atoms with van der Waals surface area (Å²) >= 11 is 1.70. The van der Waals surface area contributed by atoms with Gasteiger partial charge in [0, 0.05) is 26.0 Å². The van der Waals surface area contributed by atoms with E-state index in [0.29, 0.717) is 26.0 Å². The van der Waals surface area contributed by atoms with Gasteiger partial charge in [0.05, 0.1) is 49.2 Å². The number of hydrogen-bond acceptors (Lipinski definition) is 13. The van der Waals surface area contributed by atoms with Crippen LogP contribution in [0.25, 0.3) is 0 Å². The van der Waals surface area contributed by atoms with Crippen molar-refractivity contribution in [3.63, 3.8) is 0 Å². The van der Waals surface area contributed by atoms with Gasteiger partial charge in [-0.3, -0.25) is 4.79 Å². The monoisotopic (exact) mass is 611 g/mol. The average Bonchev–Trinajstić information content (AvgIpc) is 2.92. The maximum atomic E-state index is 11.9. The third kappa shape index (κ3) is 9.68. The highest BCUT2D eigenvalue weighted by Gasteiger charge is 2.52. The molecule has 0 aromatic heterocycles. The molecule has 242 valence electrons. The zero-order valence-corrected chi connectivity index (χ0v) is 25.8. The van der Waals surface area contributed by atoms with Crippen molar-refractivity contribution in [1.29, 1.82) is 0 Å². The van der Waals surface area contributed by atoms with E-state index in [-0.39, 0.29) is 18.9 Å². The smallest absolute Gasteiger partial charge is 0.220 e. The van der Waals surface area contributed by atoms with Crippen molar-refractivity contribution in [2.75, 3.05) is 45.0 Å². The summed E-state index contributed by atoms with van der Waals surface area (Å²) in [5.41, 5.74) is 8.99. The lowest BCUT2D eigenvalue weighted by Crippen LogP contribution is -2.68. The highest BCUT2D eigenvalue weighted by atomic mass is 32.2. The number of aliphatic hydroxyl groups excluding tert-OH is 5. The Morgan fingerprint density at radius 1 is 1.00 bits per heavy atom. The summed E-state index contributed by atoms with van der Waals surface area (Å²) in [6.45, 7) is 6.49. The molecule has 14 heteroatoms. The molecule has 0 aromatic carbocycles. The summed E-state index contributed by atoms with van der Waals surface area (Å²) in [6, 6.07) is -1.81. The number of thioether (sulfide) groups is 1. The molecule has 0 saturated carbocycles. The summed E-state index contributed by atoms with van der Waals surface area (Å²) < 4.78 is 24.3. The second-order valence-corrected chi connectivity index (χ2v) is 13.2. The lowest BCUT2D eigenvalue weighted by Gasteiger charge is -2.50. The Hall–Kier alpha value is -0.620. The molecule has 0 aliphatic carbocycles. The Bertz CT molecular complexity index is 803. The van der Waals surface area contributed by atoms with E-state index in [2.05, 4.69) is 5.32 Å². The van der Waals surface area contributed by atoms with E-state index < -0.39 is 78.7 Å². The fraction of sp³-hybridized carbons (Fsp3) is 0.963. The van der Waals surface area contributed by atoms with E-state index in [1.54, 1.807) is 39.5 Å². The zero-order valence-electron chi connectivity index (χ0n) is 25.0. The molecule has 0 spiro atoms. The Labute approximate surface area is 247 Å². The maximum absolute atomic E-state index is 11.9. The van der Waals surface area contributed by atoms with Crippen LogP contribution in [-0.4, -0.2) is 142 Å². The zero-order chi connectivity index (χ0) is 31.0. The minimum Gasteiger partial charge on any atom is -0.393 e. The van der Waals surface area contributed by atoms with Crippen molar-refractivity contribution in [2.45, 2.75) is 119 Å². The molecule has 2 fully saturated rings. The Morgan fingerprint density at radius 3 is 2.24 bits per heavy atom. The molecule has 0 radical (unpaired) electrons. The van der Waals surface area contributed by atoms with Crippen LogP contribution >= 0.6 is 11.8 Å². The first-order valence-electron chi connectivity index (χ1n) is 14.3. The van der Waals surface area contributed by atoms with Gasteiger partial charge in [-0.2, -0.15) is 11.8 Å². The molecule has 13 nitrogen and oxygen atoms in total. The molecule has 2 heterocycles. The topological polar surface area (TPSA) is 219 Å². The standard InChI is InChI=1S/C27H53N3O10S/c1-25(2,37-10-7-9-30-18(34)8-6-11-41-5)23-20(29)22(36)21(35)17(39-23)13-38-26(3,4)24-19(28)16(33)12-27(14-31,15-32)40-24/h16-17,19-24,31-33,35-36H,6-15,28-29H2,1-5H3,(H,30,34)/t16?,17?,19?,20?,21-,22?,23-,24-/m1/s1. The molecule has 2 saturated heterocycles. The maximum Gasteiger partial charge on any atom is 0.220 e. The quantitative estimate of drug-likeness (QED) is 0.0909. The van der Waals surface area contributed by atoms with Crippen LogP contribution in [0, 0.1) is 0 Å². The number of carbonyl (C=O) groups excluding carboxylic acids is 1. The predicted octanol–water partition coefficient (Wildman–Crippen LogP) is -1.76. The van der Waals surface area contributed by atoms with Crippen LogP contribution in [0.4, 0.5) is 0 Å². The number of hydrogen-bond donors (Lipinski definition) is 8. The van der Waals surface area contributed by atoms with Crippen molar-refractivity contribution in [3.05, 3.63) is 0 Å². The fourth-order valence-electron chi connectivity index (χ4n) is 5.29. The van der Waals surface area contributed by atoms with Crippen molar-refractivity contribution < 1.29 is 49.3 Å². The van der Waals surface area contributed by atoms with Crippen molar-refractivity contribution in [3.8, 4) is 0 Å². The molecule has 8 atom stereocenters. The Kier molecular flexibility index (Phi) is 14.2. The van der Waals surface area contributed by atoms with Gasteiger partial charge in [0.25, 0.3) is 0 Å². The molecular weight excluding hydrogens is 558 g/mol. The van der Waals surface area contributed by atoms with Crippen molar-refractivity contribution >= 4 is 17.7 Å². The fourth-order valence-corrected chi connectivity index (χ4v) is 5.72. The van der Waals surface area contributed by atoms with Crippen LogP contribution < -0.4 is 16.8 Å². The van der Waals surface area contributed by atoms with Gasteiger partial charge in [-0.1, -0.05) is 0 Å². The lowest BCUT2D eigenvalue weighted by molar-refractivity contribution is -0.273. The SMILES string of the molecule is CSCCCC(=O)NCCCOC(C)(C)[C@@H]1OC(COC(C)(C)[C@@H]2OC(CO)(CO)CC(O)C2N)[C@@H](O)C(O)C1N. The number of ether oxygens (including phenoxy) is 4. The molecule has 1 amide bonds. The summed E-state index contributed by atoms with van der Waals surface area (Å²) in [6.07, 6.45) is -2.57. The van der Waals surface area contributed by atoms with E-state index in [4.69, 9.17) is 30.4 Å². The third-order valence-corrected chi connectivity index (χ3v) is 8.68. The van der Waals surface area contributed by atoms with E-state index in [1.807, 2.05) is 6.26 Å². The molecule has 0 bridgehead atoms. The largest absolute Gasteiger partial charge is 0.393 e. The minimum atomic E-state index is -1.38. The van der Waals surface area contributed by atoms with E-state index in [1.165, 1.54) is 0 Å². The summed E-state index contributed by atoms with van der Waals surface area (Å²) in [4.78, 5) is 11.9. The van der Waals surface area contributed by atoms with Gasteiger partial charge in [0.15, 0.2) is 0 Å². The van der Waals surface area contributed by atoms with Crippen LogP contribution in [0.1, 0.15) is 53.4 Å². The van der Waals surface area contributed by atoms with Crippen molar-refractivity contribution in [1.82, 2.24) is 5.32 Å². The van der Waals surface area contributed by atoms with Gasteiger partial charge >= 0.3 is 0 Å². The number of nitrogens with two attached hydrogens (primary N) is 2. The van der Waals surface area contributed by atoms with Crippen LogP contribution in [-0.2, 0) is 23.7 Å². The van der Waals surface area contributed by atoms with E-state index >= 15 is 0 Å². The first-order chi connectivity index (χ1) is 19.1. The lowest BCUT2D eigenvalue weighted by atomic mass is 9.82. The van der Waals surface area contributed by atoms with Gasteiger partial charge in [0.1, 0.15) is 36.1 Å². The Morgan fingerprint density at radius 2 is 1.63 bits per heavy atom. The normalized spacial score (nSPS) is 32.6. The molecule has 0 aromatic rings. The first-order valence-corrected chi connectivity index (χ1v) is 15.7. The third-order valence-electron chi connectivity index (χ3n) is 7.98. The second-order valence-electron chi connectivity index (χ2n) is 12.2. The van der Waals surface area contributed by atoms with E-state index in [0.717, 1.165) is 12.2 Å². The minimum absolute atomic E-state index is 0.00586. The molecule has 41 heavy (non-hydrogen) atoms. The van der Waals surface area contributed by atoms with Crippen LogP contribution in [0.5, 0.6) is 0 Å². The summed E-state index contributed by atoms with van der Waals surface area (Å²) in [5, 5.41) is 54.5.